The van der Waals surface area contributed by atoms with Gasteiger partial charge in [-0.05, 0) is 196 Å². The fraction of sp³-hybridized carbons (Fsp3) is 0.331. The Morgan fingerprint density at radius 1 is 0.374 bits per heavy atom. The van der Waals surface area contributed by atoms with Crippen LogP contribution in [0.2, 0.25) is 58.9 Å². The molecule has 0 saturated carbocycles. The van der Waals surface area contributed by atoms with Crippen LogP contribution in [0.5, 0.6) is 0 Å². The maximum Gasteiger partial charge on any atom is 0.216 e. The maximum atomic E-state index is 8.59. The van der Waals surface area contributed by atoms with Gasteiger partial charge in [-0.25, -0.2) is 15.0 Å². The van der Waals surface area contributed by atoms with Crippen molar-refractivity contribution < 1.29 is 113 Å². The van der Waals surface area contributed by atoms with Crippen molar-refractivity contribution in [1.29, 1.82) is 0 Å². The van der Waals surface area contributed by atoms with Gasteiger partial charge in [0.05, 0.1) is 41.0 Å². The SMILES string of the molecule is [2H]C(C)(C)c1ccc2c(n1)oc1c(-c3cc(C([2H])([2H])C(C)(C)C)ccn3)[c-]ccc12.[2H]C([2H])([2H])c1ccc2c(n1)oc1c(-c3cc(C(C([2H])([2H])[2H])(C([2H])([2H])[2H])C([2H])([2H])[2H])ccn3)[c-]cc(C([2H])([2H])[2H])c12.[2H]C([2H])([2H])c1ccc2c(n1)oc1c(-c3cc(C([2H])([2H])C(C)C)ccn3)[c-]ccc12.[2H]C([2H])(c1cc(-c2[c-]cccc2)ncc1[Si](C)(C)C)C(C)C.[2H]C([2H])(c1cc(-c2[c-]cccc2)ncc1[Si](C)(C)C)C(C)C.[2H]C([2H])(c1cc(-c2[c-]cccc2)ncc1[Si](C)(C)C)C(C)C.[Ir].[Ir].[Ir]. The zero-order chi connectivity index (χ0) is 123. The molecular weight excluding hydrogens is 2290 g/mol. The molecule has 12 heterocycles. The first-order valence-corrected chi connectivity index (χ1v) is 56.0. The molecule has 0 atom stereocenters. The predicted octanol–water partition coefficient (Wildman–Crippen LogP) is 30.5. The van der Waals surface area contributed by atoms with Crippen molar-refractivity contribution in [2.45, 2.75) is 233 Å². The van der Waals surface area contributed by atoms with Gasteiger partial charge in [-0.2, -0.15) is 0 Å². The molecule has 6 aromatic carbocycles. The fourth-order valence-electron chi connectivity index (χ4n) is 15.2. The molecular formula is C121H137Ir3N9O3Si3-6. The molecule has 0 aliphatic heterocycles. The summed E-state index contributed by atoms with van der Waals surface area (Å²) in [6.07, 6.45) is 2.79. The van der Waals surface area contributed by atoms with E-state index in [1.165, 1.54) is 18.2 Å². The van der Waals surface area contributed by atoms with Gasteiger partial charge in [0.25, 0.3) is 0 Å². The van der Waals surface area contributed by atoms with Gasteiger partial charge >= 0.3 is 0 Å². The van der Waals surface area contributed by atoms with Crippen LogP contribution in [0, 0.1) is 86.0 Å². The van der Waals surface area contributed by atoms with Crippen LogP contribution < -0.4 is 15.6 Å². The number of hydrogen-bond donors (Lipinski definition) is 0. The minimum atomic E-state index is -3.51. The summed E-state index contributed by atoms with van der Waals surface area (Å²) in [6.45, 7) is 26.5. The normalized spacial score (nSPS) is 16.0. The quantitative estimate of drug-likeness (QED) is 0.0559. The Morgan fingerprint density at radius 3 is 1.17 bits per heavy atom. The van der Waals surface area contributed by atoms with Crippen LogP contribution in [0.25, 0.3) is 134 Å². The topological polar surface area (TPSA) is 155 Å². The number of aromatic nitrogens is 9. The Bertz CT molecular complexity index is 8180. The third kappa shape index (κ3) is 29.0. The van der Waals surface area contributed by atoms with Gasteiger partial charge in [0.2, 0.25) is 17.1 Å². The summed E-state index contributed by atoms with van der Waals surface area (Å²) >= 11 is 0. The number of aryl methyl sites for hydroxylation is 3. The van der Waals surface area contributed by atoms with Gasteiger partial charge in [-0.15, -0.1) is 162 Å². The third-order valence-corrected chi connectivity index (χ3v) is 27.4. The molecule has 12 aromatic heterocycles. The van der Waals surface area contributed by atoms with E-state index in [4.69, 9.17) is 53.0 Å². The average Bonchev–Trinajstić information content (AvgIpc) is 0.755. The average molecular weight is 2460 g/mol. The third-order valence-electron chi connectivity index (χ3n) is 21.4. The molecule has 18 heteroatoms. The molecule has 0 spiro atoms. The summed E-state index contributed by atoms with van der Waals surface area (Å²) in [5.41, 5.74) is 7.91. The summed E-state index contributed by atoms with van der Waals surface area (Å²) in [6, 6.07) is 74.3. The smallest absolute Gasteiger partial charge is 0.216 e. The number of furan rings is 3. The van der Waals surface area contributed by atoms with E-state index in [-0.39, 0.29) is 140 Å². The van der Waals surface area contributed by atoms with Crippen LogP contribution in [0.4, 0.5) is 0 Å². The molecule has 0 aliphatic rings. The van der Waals surface area contributed by atoms with Gasteiger partial charge in [0, 0.05) is 170 Å². The Hall–Kier alpha value is -10.3. The Labute approximate surface area is 911 Å². The van der Waals surface area contributed by atoms with Crippen LogP contribution in [0.15, 0.2) is 245 Å². The van der Waals surface area contributed by atoms with E-state index < -0.39 is 119 Å². The van der Waals surface area contributed by atoms with Crippen LogP contribution in [0.1, 0.15) is 212 Å². The molecule has 12 nitrogen and oxygen atoms in total. The van der Waals surface area contributed by atoms with Crippen molar-refractivity contribution >= 4 is 106 Å². The second kappa shape index (κ2) is 48.0. The van der Waals surface area contributed by atoms with Crippen LogP contribution in [0.3, 0.4) is 0 Å². The van der Waals surface area contributed by atoms with E-state index in [9.17, 15) is 0 Å². The molecule has 139 heavy (non-hydrogen) atoms. The van der Waals surface area contributed by atoms with Gasteiger partial charge in [0.1, 0.15) is 0 Å². The molecule has 0 bridgehead atoms. The van der Waals surface area contributed by atoms with Gasteiger partial charge in [-0.3, -0.25) is 0 Å². The molecule has 3 radical (unpaired) electrons. The summed E-state index contributed by atoms with van der Waals surface area (Å²) in [7, 11) is -5.01. The Balaban J connectivity index is 0.000000206. The Kier molecular flexibility index (Phi) is 26.0. The number of nitrogens with zero attached hydrogens (tertiary/aromatic N) is 9. The number of benzene rings is 6. The fourth-order valence-corrected chi connectivity index (χ4v) is 19.4. The van der Waals surface area contributed by atoms with E-state index >= 15 is 0 Å². The minimum absolute atomic E-state index is 0. The molecule has 0 amide bonds. The monoisotopic (exact) mass is 2460 g/mol. The second-order valence-electron chi connectivity index (χ2n) is 39.0. The minimum Gasteiger partial charge on any atom is -0.486 e. The van der Waals surface area contributed by atoms with Crippen molar-refractivity contribution in [2.75, 3.05) is 0 Å². The van der Waals surface area contributed by atoms with Crippen LogP contribution >= 0.6 is 0 Å². The van der Waals surface area contributed by atoms with E-state index in [0.717, 1.165) is 107 Å². The first kappa shape index (κ1) is 75.5. The molecule has 18 aromatic rings. The van der Waals surface area contributed by atoms with Gasteiger partial charge in [0.15, 0.2) is 0 Å². The molecule has 0 N–H and O–H groups in total. The molecule has 0 aliphatic carbocycles. The molecule has 729 valence electrons. The van der Waals surface area contributed by atoms with Crippen LogP contribution in [-0.2, 0) is 97.6 Å². The van der Waals surface area contributed by atoms with Gasteiger partial charge < -0.3 is 43.2 Å². The molecule has 0 saturated heterocycles. The first-order chi connectivity index (χ1) is 75.9. The summed E-state index contributed by atoms with van der Waals surface area (Å²) in [5.74, 6) is -1.28. The van der Waals surface area contributed by atoms with Crippen molar-refractivity contribution in [3.8, 4) is 67.5 Å². The van der Waals surface area contributed by atoms with Crippen molar-refractivity contribution in [2.24, 2.45) is 29.1 Å². The van der Waals surface area contributed by atoms with Crippen molar-refractivity contribution in [3.05, 3.63) is 324 Å². The van der Waals surface area contributed by atoms with E-state index in [1.54, 1.807) is 62.6 Å². The van der Waals surface area contributed by atoms with Crippen molar-refractivity contribution in [3.63, 3.8) is 0 Å². The number of rotatable bonds is 19. The van der Waals surface area contributed by atoms with Crippen LogP contribution in [-0.4, -0.2) is 69.1 Å². The van der Waals surface area contributed by atoms with E-state index in [2.05, 4.69) is 140 Å². The van der Waals surface area contributed by atoms with E-state index in [1.807, 2.05) is 216 Å². The predicted molar refractivity (Wildman–Crippen MR) is 580 cm³/mol. The first-order valence-electron chi connectivity index (χ1n) is 60.0. The zero-order valence-corrected chi connectivity index (χ0v) is 92.7. The standard InChI is InChI=1S/C24H25N2O.C22H21N2O.C21H19N2O.3C18H24NSi.3Ir/c1-15(2)20-10-9-18-17-7-6-8-19(22(17)27-23(18)26-20)21-13-16(11-12-25-21)14-24(3,4)5;1-13-6-8-16(18-12-15(10-11-23-18)22(3,4)5)20-19(13)17-9-7-14(2)24-21(17)25-20;1-13(2)11-15-9-10-22-19(12-15)18-6-4-5-16-17-8-7-14(3)23-21(17)24-20(16)18;3*1-14(2)11-16-12-17(15-9-7-6-8-10-15)19-13-18(16)20(3,4)5;;;/h6-7,9-13,15H,14H2,1-5H3;6-7,9-12H,1-5H3;4-5,7-10,12-13H,11H2,1-3H3;3*6-9,12-14H,11H2,1-5H3;;;/q6*-1;;;/i14D2,15D;1D3,2D3,3D3,4D3,5D3;3D3,11D2;3*11D2;;;. The maximum absolute atomic E-state index is 8.59. The second-order valence-corrected chi connectivity index (χ2v) is 54.1. The molecule has 18 rings (SSSR count). The summed E-state index contributed by atoms with van der Waals surface area (Å²) in [4.78, 5) is 39.5. The summed E-state index contributed by atoms with van der Waals surface area (Å²) < 4.78 is 253. The molecule has 0 unspecified atom stereocenters. The molecule has 0 fully saturated rings. The zero-order valence-electron chi connectivity index (χ0n) is 111. The number of fused-ring (bicyclic) bond motifs is 9. The number of hydrogen-bond acceptors (Lipinski definition) is 12. The largest absolute Gasteiger partial charge is 0.486 e. The summed E-state index contributed by atoms with van der Waals surface area (Å²) in [5, 5.41) is 6.76. The van der Waals surface area contributed by atoms with Crippen molar-refractivity contribution in [1.82, 2.24) is 44.9 Å². The van der Waals surface area contributed by atoms with Gasteiger partial charge in [-0.1, -0.05) is 273 Å². The van der Waals surface area contributed by atoms with E-state index in [0.29, 0.717) is 61.6 Å². The number of pyridine rings is 9. The Morgan fingerprint density at radius 2 is 0.770 bits per heavy atom.